The molecule has 0 spiro atoms. The first-order chi connectivity index (χ1) is 17.9. The van der Waals surface area contributed by atoms with E-state index in [9.17, 15) is 9.59 Å². The number of hydrogen-bond acceptors (Lipinski definition) is 3. The fraction of sp³-hybridized carbons (Fsp3) is 0.355. The molecule has 37 heavy (non-hydrogen) atoms. The molecule has 0 aromatic heterocycles. The SMILES string of the molecule is CC[C@@H](C)NC(=O)[C@@H](Cc1ccccc1)N(Cc1ccccc1C)C(=O)CCCSc1ccc(Cl)cc1. The first kappa shape index (κ1) is 28.8. The summed E-state index contributed by atoms with van der Waals surface area (Å²) < 4.78 is 0. The van der Waals surface area contributed by atoms with Crippen LogP contribution in [-0.4, -0.2) is 34.6 Å². The molecular weight excluding hydrogens is 500 g/mol. The molecule has 0 radical (unpaired) electrons. The Labute approximate surface area is 230 Å². The van der Waals surface area contributed by atoms with Crippen molar-refractivity contribution in [3.8, 4) is 0 Å². The summed E-state index contributed by atoms with van der Waals surface area (Å²) in [4.78, 5) is 30.2. The Bertz CT molecular complexity index is 1140. The van der Waals surface area contributed by atoms with Crippen molar-refractivity contribution in [2.45, 2.75) is 70.0 Å². The van der Waals surface area contributed by atoms with Crippen LogP contribution in [0.2, 0.25) is 5.02 Å². The van der Waals surface area contributed by atoms with Crippen molar-refractivity contribution in [3.63, 3.8) is 0 Å². The number of carbonyl (C=O) groups is 2. The highest BCUT2D eigenvalue weighted by Crippen LogP contribution is 2.23. The molecule has 3 aromatic rings. The van der Waals surface area contributed by atoms with Crippen molar-refractivity contribution < 1.29 is 9.59 Å². The highest BCUT2D eigenvalue weighted by Gasteiger charge is 2.30. The van der Waals surface area contributed by atoms with Gasteiger partial charge in [0, 0.05) is 35.3 Å². The van der Waals surface area contributed by atoms with Gasteiger partial charge in [-0.3, -0.25) is 9.59 Å². The van der Waals surface area contributed by atoms with Gasteiger partial charge in [0.2, 0.25) is 11.8 Å². The normalized spacial score (nSPS) is 12.5. The molecule has 0 aliphatic heterocycles. The molecule has 0 fully saturated rings. The third-order valence-electron chi connectivity index (χ3n) is 6.49. The van der Waals surface area contributed by atoms with Crippen LogP contribution in [0.5, 0.6) is 0 Å². The van der Waals surface area contributed by atoms with Crippen molar-refractivity contribution >= 4 is 35.2 Å². The second-order valence-electron chi connectivity index (χ2n) is 9.38. The van der Waals surface area contributed by atoms with E-state index in [2.05, 4.69) is 5.32 Å². The number of aryl methyl sites for hydroxylation is 1. The van der Waals surface area contributed by atoms with Gasteiger partial charge in [-0.25, -0.2) is 0 Å². The summed E-state index contributed by atoms with van der Waals surface area (Å²) in [7, 11) is 0. The monoisotopic (exact) mass is 536 g/mol. The van der Waals surface area contributed by atoms with Crippen molar-refractivity contribution in [2.24, 2.45) is 0 Å². The molecule has 0 unspecified atom stereocenters. The van der Waals surface area contributed by atoms with Crippen LogP contribution >= 0.6 is 23.4 Å². The average Bonchev–Trinajstić information content (AvgIpc) is 2.91. The lowest BCUT2D eigenvalue weighted by Crippen LogP contribution is -2.52. The third-order valence-corrected chi connectivity index (χ3v) is 7.84. The number of carbonyl (C=O) groups excluding carboxylic acids is 2. The molecule has 0 heterocycles. The lowest BCUT2D eigenvalue weighted by molar-refractivity contribution is -0.141. The fourth-order valence-electron chi connectivity index (χ4n) is 4.05. The van der Waals surface area contributed by atoms with Crippen molar-refractivity contribution in [3.05, 3.63) is 101 Å². The predicted octanol–water partition coefficient (Wildman–Crippen LogP) is 7.08. The quantitative estimate of drug-likeness (QED) is 0.188. The van der Waals surface area contributed by atoms with E-state index in [0.29, 0.717) is 24.4 Å². The van der Waals surface area contributed by atoms with E-state index < -0.39 is 6.04 Å². The van der Waals surface area contributed by atoms with Crippen LogP contribution in [0.25, 0.3) is 0 Å². The highest BCUT2D eigenvalue weighted by atomic mass is 35.5. The lowest BCUT2D eigenvalue weighted by Gasteiger charge is -2.33. The maximum Gasteiger partial charge on any atom is 0.243 e. The predicted molar refractivity (Wildman–Crippen MR) is 155 cm³/mol. The standard InChI is InChI=1S/C31H37ClN2O2S/c1-4-24(3)33-31(36)29(21-25-12-6-5-7-13-25)34(22-26-14-9-8-11-23(26)2)30(35)15-10-20-37-28-18-16-27(32)17-19-28/h5-9,11-14,16-19,24,29H,4,10,15,20-22H2,1-3H3,(H,33,36)/t24-,29-/m1/s1. The zero-order chi connectivity index (χ0) is 26.6. The molecule has 2 amide bonds. The van der Waals surface area contributed by atoms with Gasteiger partial charge < -0.3 is 10.2 Å². The molecular formula is C31H37ClN2O2S. The molecule has 0 bridgehead atoms. The van der Waals surface area contributed by atoms with Crippen LogP contribution in [0.4, 0.5) is 0 Å². The maximum atomic E-state index is 13.7. The zero-order valence-electron chi connectivity index (χ0n) is 22.0. The van der Waals surface area contributed by atoms with E-state index in [1.54, 1.807) is 16.7 Å². The minimum absolute atomic E-state index is 0.000178. The van der Waals surface area contributed by atoms with Crippen LogP contribution in [0, 0.1) is 6.92 Å². The summed E-state index contributed by atoms with van der Waals surface area (Å²) in [5.41, 5.74) is 3.20. The molecule has 196 valence electrons. The Morgan fingerprint density at radius 3 is 2.32 bits per heavy atom. The summed E-state index contributed by atoms with van der Waals surface area (Å²) in [5.74, 6) is 0.712. The van der Waals surface area contributed by atoms with Gasteiger partial charge in [-0.2, -0.15) is 0 Å². The fourth-order valence-corrected chi connectivity index (χ4v) is 5.03. The Morgan fingerprint density at radius 2 is 1.65 bits per heavy atom. The number of rotatable bonds is 13. The van der Waals surface area contributed by atoms with Gasteiger partial charge in [-0.1, -0.05) is 73.1 Å². The number of halogens is 1. The lowest BCUT2D eigenvalue weighted by atomic mass is 10.0. The Hall–Kier alpha value is -2.76. The summed E-state index contributed by atoms with van der Waals surface area (Å²) in [6.07, 6.45) is 2.41. The number of hydrogen-bond donors (Lipinski definition) is 1. The smallest absolute Gasteiger partial charge is 0.243 e. The minimum atomic E-state index is -0.590. The number of benzene rings is 3. The minimum Gasteiger partial charge on any atom is -0.352 e. The number of nitrogens with one attached hydrogen (secondary N) is 1. The molecule has 4 nitrogen and oxygen atoms in total. The Balaban J connectivity index is 1.80. The number of thioether (sulfide) groups is 1. The molecule has 0 aliphatic rings. The molecule has 2 atom stereocenters. The van der Waals surface area contributed by atoms with Gasteiger partial charge >= 0.3 is 0 Å². The van der Waals surface area contributed by atoms with Gasteiger partial charge in [-0.05, 0) is 73.4 Å². The largest absolute Gasteiger partial charge is 0.352 e. The van der Waals surface area contributed by atoms with Crippen molar-refractivity contribution in [2.75, 3.05) is 5.75 Å². The third kappa shape index (κ3) is 9.24. The second kappa shape index (κ2) is 14.8. The van der Waals surface area contributed by atoms with Gasteiger partial charge in [-0.15, -0.1) is 11.8 Å². The van der Waals surface area contributed by atoms with Crippen LogP contribution in [0.15, 0.2) is 83.8 Å². The summed E-state index contributed by atoms with van der Waals surface area (Å²) in [6.45, 7) is 6.50. The van der Waals surface area contributed by atoms with Gasteiger partial charge in [0.25, 0.3) is 0 Å². The molecule has 0 saturated heterocycles. The topological polar surface area (TPSA) is 49.4 Å². The van der Waals surface area contributed by atoms with Crippen molar-refractivity contribution in [1.29, 1.82) is 0 Å². The van der Waals surface area contributed by atoms with E-state index in [4.69, 9.17) is 11.6 Å². The van der Waals surface area contributed by atoms with Gasteiger partial charge in [0.1, 0.15) is 6.04 Å². The van der Waals surface area contributed by atoms with Crippen LogP contribution in [0.1, 0.15) is 49.8 Å². The van der Waals surface area contributed by atoms with E-state index in [0.717, 1.165) is 40.2 Å². The molecule has 1 N–H and O–H groups in total. The molecule has 0 saturated carbocycles. The summed E-state index contributed by atoms with van der Waals surface area (Å²) in [5, 5.41) is 3.85. The summed E-state index contributed by atoms with van der Waals surface area (Å²) >= 11 is 7.70. The highest BCUT2D eigenvalue weighted by molar-refractivity contribution is 7.99. The van der Waals surface area contributed by atoms with Crippen LogP contribution in [0.3, 0.4) is 0 Å². The first-order valence-electron chi connectivity index (χ1n) is 12.9. The van der Waals surface area contributed by atoms with E-state index in [-0.39, 0.29) is 17.9 Å². The van der Waals surface area contributed by atoms with E-state index >= 15 is 0 Å². The van der Waals surface area contributed by atoms with E-state index in [1.807, 2.05) is 99.6 Å². The van der Waals surface area contributed by atoms with E-state index in [1.165, 1.54) is 0 Å². The number of amides is 2. The van der Waals surface area contributed by atoms with Crippen LogP contribution < -0.4 is 5.32 Å². The molecule has 0 aliphatic carbocycles. The molecule has 6 heteroatoms. The first-order valence-corrected chi connectivity index (χ1v) is 14.3. The van der Waals surface area contributed by atoms with Gasteiger partial charge in [0.05, 0.1) is 0 Å². The van der Waals surface area contributed by atoms with Crippen molar-refractivity contribution in [1.82, 2.24) is 10.2 Å². The molecule has 3 aromatic carbocycles. The summed E-state index contributed by atoms with van der Waals surface area (Å²) in [6, 6.07) is 25.2. The number of nitrogens with zero attached hydrogens (tertiary/aromatic N) is 1. The maximum absolute atomic E-state index is 13.7. The second-order valence-corrected chi connectivity index (χ2v) is 11.0. The zero-order valence-corrected chi connectivity index (χ0v) is 23.5. The van der Waals surface area contributed by atoms with Crippen LogP contribution in [-0.2, 0) is 22.6 Å². The average molecular weight is 537 g/mol. The Morgan fingerprint density at radius 1 is 0.973 bits per heavy atom. The molecule has 3 rings (SSSR count). The van der Waals surface area contributed by atoms with Gasteiger partial charge in [0.15, 0.2) is 0 Å². The Kier molecular flexibility index (Phi) is 11.6.